The predicted molar refractivity (Wildman–Crippen MR) is 52.7 cm³/mol. The zero-order chi connectivity index (χ0) is 10.6. The summed E-state index contributed by atoms with van der Waals surface area (Å²) in [5.74, 6) is 0. The highest BCUT2D eigenvalue weighted by atomic mass is 16.5. The van der Waals surface area contributed by atoms with Gasteiger partial charge in [0.1, 0.15) is 0 Å². The second-order valence-electron chi connectivity index (χ2n) is 3.74. The standard InChI is InChI=1S/C10H18N2O2/c1-3-9(4-11)12-5-10(6-13)14-7-8(12)2/h8-10,13H,3,5-7H2,1-2H3. The molecular weight excluding hydrogens is 180 g/mol. The van der Waals surface area contributed by atoms with Crippen LogP contribution in [0, 0.1) is 11.3 Å². The zero-order valence-corrected chi connectivity index (χ0v) is 8.81. The number of nitrogens with zero attached hydrogens (tertiary/aromatic N) is 2. The van der Waals surface area contributed by atoms with E-state index in [9.17, 15) is 0 Å². The fourth-order valence-electron chi connectivity index (χ4n) is 1.78. The predicted octanol–water partition coefficient (Wildman–Crippen LogP) is 0.370. The summed E-state index contributed by atoms with van der Waals surface area (Å²) in [6.07, 6.45) is 0.688. The summed E-state index contributed by atoms with van der Waals surface area (Å²) in [6.45, 7) is 5.34. The smallest absolute Gasteiger partial charge is 0.0979 e. The monoisotopic (exact) mass is 198 g/mol. The molecule has 0 saturated carbocycles. The molecule has 0 amide bonds. The van der Waals surface area contributed by atoms with E-state index < -0.39 is 0 Å². The summed E-state index contributed by atoms with van der Waals surface area (Å²) in [6, 6.07) is 2.50. The van der Waals surface area contributed by atoms with Crippen molar-refractivity contribution in [3.05, 3.63) is 0 Å². The van der Waals surface area contributed by atoms with Crippen LogP contribution in [0.5, 0.6) is 0 Å². The molecule has 4 heteroatoms. The lowest BCUT2D eigenvalue weighted by atomic mass is 10.1. The van der Waals surface area contributed by atoms with Crippen molar-refractivity contribution in [3.8, 4) is 6.07 Å². The lowest BCUT2D eigenvalue weighted by Gasteiger charge is -2.39. The molecule has 0 aromatic rings. The number of morpholine rings is 1. The second kappa shape index (κ2) is 5.30. The van der Waals surface area contributed by atoms with Gasteiger partial charge >= 0.3 is 0 Å². The number of hydrogen-bond acceptors (Lipinski definition) is 4. The van der Waals surface area contributed by atoms with Crippen molar-refractivity contribution < 1.29 is 9.84 Å². The number of aliphatic hydroxyl groups excluding tert-OH is 1. The highest BCUT2D eigenvalue weighted by molar-refractivity contribution is 4.95. The van der Waals surface area contributed by atoms with Gasteiger partial charge in [0, 0.05) is 12.6 Å². The van der Waals surface area contributed by atoms with Gasteiger partial charge in [0.2, 0.25) is 0 Å². The Morgan fingerprint density at radius 3 is 2.93 bits per heavy atom. The quantitative estimate of drug-likeness (QED) is 0.712. The SMILES string of the molecule is CCC(C#N)N1CC(CO)OCC1C. The molecule has 1 saturated heterocycles. The third-order valence-electron chi connectivity index (χ3n) is 2.69. The fourth-order valence-corrected chi connectivity index (χ4v) is 1.78. The Kier molecular flexibility index (Phi) is 4.33. The van der Waals surface area contributed by atoms with Crippen LogP contribution in [0.15, 0.2) is 0 Å². The topological polar surface area (TPSA) is 56.5 Å². The van der Waals surface area contributed by atoms with Gasteiger partial charge in [-0.15, -0.1) is 0 Å². The lowest BCUT2D eigenvalue weighted by molar-refractivity contribution is -0.0851. The first kappa shape index (κ1) is 11.4. The number of rotatable bonds is 3. The maximum atomic E-state index is 8.99. The van der Waals surface area contributed by atoms with Crippen LogP contribution in [-0.2, 0) is 4.74 Å². The maximum Gasteiger partial charge on any atom is 0.0979 e. The highest BCUT2D eigenvalue weighted by Crippen LogP contribution is 2.16. The van der Waals surface area contributed by atoms with E-state index >= 15 is 0 Å². The summed E-state index contributed by atoms with van der Waals surface area (Å²) in [5.41, 5.74) is 0. The van der Waals surface area contributed by atoms with Gasteiger partial charge in [-0.3, -0.25) is 4.90 Å². The van der Waals surface area contributed by atoms with E-state index in [4.69, 9.17) is 15.1 Å². The van der Waals surface area contributed by atoms with Crippen LogP contribution in [0.4, 0.5) is 0 Å². The van der Waals surface area contributed by atoms with E-state index in [1.54, 1.807) is 0 Å². The molecule has 1 fully saturated rings. The molecule has 1 rings (SSSR count). The molecule has 3 atom stereocenters. The number of hydrogen-bond donors (Lipinski definition) is 1. The van der Waals surface area contributed by atoms with Gasteiger partial charge in [-0.1, -0.05) is 6.92 Å². The molecule has 4 nitrogen and oxygen atoms in total. The van der Waals surface area contributed by atoms with Crippen LogP contribution in [0.2, 0.25) is 0 Å². The molecule has 0 aromatic heterocycles. The van der Waals surface area contributed by atoms with Crippen molar-refractivity contribution in [2.24, 2.45) is 0 Å². The normalized spacial score (nSPS) is 31.0. The van der Waals surface area contributed by atoms with Crippen LogP contribution in [0.25, 0.3) is 0 Å². The fraction of sp³-hybridized carbons (Fsp3) is 0.900. The Balaban J connectivity index is 2.60. The molecule has 3 unspecified atom stereocenters. The van der Waals surface area contributed by atoms with Crippen molar-refractivity contribution in [1.29, 1.82) is 5.26 Å². The molecule has 0 radical (unpaired) electrons. The largest absolute Gasteiger partial charge is 0.394 e. The lowest BCUT2D eigenvalue weighted by Crippen LogP contribution is -2.53. The van der Waals surface area contributed by atoms with Gasteiger partial charge in [-0.2, -0.15) is 5.26 Å². The van der Waals surface area contributed by atoms with E-state index in [-0.39, 0.29) is 24.8 Å². The average Bonchev–Trinajstić information content (AvgIpc) is 2.22. The van der Waals surface area contributed by atoms with Crippen LogP contribution in [0.1, 0.15) is 20.3 Å². The molecule has 14 heavy (non-hydrogen) atoms. The second-order valence-corrected chi connectivity index (χ2v) is 3.74. The van der Waals surface area contributed by atoms with Crippen molar-refractivity contribution >= 4 is 0 Å². The van der Waals surface area contributed by atoms with E-state index in [0.29, 0.717) is 13.2 Å². The van der Waals surface area contributed by atoms with Crippen molar-refractivity contribution in [2.45, 2.75) is 38.5 Å². The molecule has 0 spiro atoms. The molecule has 1 N–H and O–H groups in total. The molecule has 1 aliphatic rings. The molecule has 0 aromatic carbocycles. The van der Waals surface area contributed by atoms with Crippen molar-refractivity contribution in [2.75, 3.05) is 19.8 Å². The first-order valence-corrected chi connectivity index (χ1v) is 5.10. The summed E-state index contributed by atoms with van der Waals surface area (Å²) >= 11 is 0. The number of aliphatic hydroxyl groups is 1. The first-order valence-electron chi connectivity index (χ1n) is 5.10. The van der Waals surface area contributed by atoms with Crippen LogP contribution >= 0.6 is 0 Å². The molecular formula is C10H18N2O2. The van der Waals surface area contributed by atoms with Gasteiger partial charge in [0.25, 0.3) is 0 Å². The average molecular weight is 198 g/mol. The van der Waals surface area contributed by atoms with Gasteiger partial charge < -0.3 is 9.84 Å². The van der Waals surface area contributed by atoms with Gasteiger partial charge in [0.15, 0.2) is 0 Å². The van der Waals surface area contributed by atoms with E-state index in [1.165, 1.54) is 0 Å². The molecule has 0 bridgehead atoms. The minimum absolute atomic E-state index is 0.0328. The Morgan fingerprint density at radius 1 is 1.71 bits per heavy atom. The summed E-state index contributed by atoms with van der Waals surface area (Å²) in [4.78, 5) is 2.12. The van der Waals surface area contributed by atoms with Crippen molar-refractivity contribution in [1.82, 2.24) is 4.90 Å². The summed E-state index contributed by atoms with van der Waals surface area (Å²) in [7, 11) is 0. The molecule has 0 aliphatic carbocycles. The van der Waals surface area contributed by atoms with E-state index in [0.717, 1.165) is 6.42 Å². The molecule has 1 aliphatic heterocycles. The summed E-state index contributed by atoms with van der Waals surface area (Å²) < 4.78 is 5.41. The van der Waals surface area contributed by atoms with Crippen LogP contribution in [-0.4, -0.2) is 48.0 Å². The Bertz CT molecular complexity index is 215. The van der Waals surface area contributed by atoms with E-state index in [1.807, 2.05) is 13.8 Å². The highest BCUT2D eigenvalue weighted by Gasteiger charge is 2.30. The third kappa shape index (κ3) is 2.44. The van der Waals surface area contributed by atoms with E-state index in [2.05, 4.69) is 11.0 Å². The minimum atomic E-state index is -0.131. The first-order chi connectivity index (χ1) is 6.72. The zero-order valence-electron chi connectivity index (χ0n) is 8.81. The van der Waals surface area contributed by atoms with Crippen molar-refractivity contribution in [3.63, 3.8) is 0 Å². The molecule has 1 heterocycles. The Morgan fingerprint density at radius 2 is 2.43 bits per heavy atom. The Labute approximate surface area is 85.1 Å². The third-order valence-corrected chi connectivity index (χ3v) is 2.69. The number of nitriles is 1. The van der Waals surface area contributed by atoms with Gasteiger partial charge in [-0.25, -0.2) is 0 Å². The Hall–Kier alpha value is -0.630. The van der Waals surface area contributed by atoms with Crippen LogP contribution in [0.3, 0.4) is 0 Å². The van der Waals surface area contributed by atoms with Crippen LogP contribution < -0.4 is 0 Å². The summed E-state index contributed by atoms with van der Waals surface area (Å²) in [5, 5.41) is 17.9. The minimum Gasteiger partial charge on any atom is -0.394 e. The number of ether oxygens (including phenoxy) is 1. The maximum absolute atomic E-state index is 8.99. The van der Waals surface area contributed by atoms with Gasteiger partial charge in [-0.05, 0) is 13.3 Å². The van der Waals surface area contributed by atoms with Gasteiger partial charge in [0.05, 0.1) is 31.4 Å². The molecule has 80 valence electrons.